The minimum absolute atomic E-state index is 0.289. The Labute approximate surface area is 157 Å². The molecule has 0 atom stereocenters. The van der Waals surface area contributed by atoms with Crippen molar-refractivity contribution in [3.05, 3.63) is 88.5 Å². The maximum absolute atomic E-state index is 12.9. The van der Waals surface area contributed by atoms with Crippen molar-refractivity contribution >= 4 is 11.9 Å². The Morgan fingerprint density at radius 1 is 1.00 bits per heavy atom. The van der Waals surface area contributed by atoms with E-state index in [0.29, 0.717) is 24.7 Å². The minimum atomic E-state index is -0.305. The van der Waals surface area contributed by atoms with Crippen LogP contribution < -0.4 is 10.6 Å². The van der Waals surface area contributed by atoms with Crippen LogP contribution in [0.4, 0.5) is 10.3 Å². The highest BCUT2D eigenvalue weighted by Crippen LogP contribution is 2.11. The van der Waals surface area contributed by atoms with Crippen LogP contribution in [0.2, 0.25) is 0 Å². The number of benzene rings is 2. The molecule has 0 aliphatic carbocycles. The predicted molar refractivity (Wildman–Crippen MR) is 103 cm³/mol. The van der Waals surface area contributed by atoms with Gasteiger partial charge in [0.25, 0.3) is 5.91 Å². The fourth-order valence-electron chi connectivity index (χ4n) is 2.62. The Kier molecular flexibility index (Phi) is 5.76. The zero-order chi connectivity index (χ0) is 19.2. The average Bonchev–Trinajstić information content (AvgIpc) is 2.66. The second-order valence-electron chi connectivity index (χ2n) is 6.31. The first-order valence-electron chi connectivity index (χ1n) is 8.68. The van der Waals surface area contributed by atoms with Gasteiger partial charge in [-0.3, -0.25) is 4.79 Å². The molecule has 2 aromatic carbocycles. The lowest BCUT2D eigenvalue weighted by molar-refractivity contribution is 0.0945. The monoisotopic (exact) mass is 364 g/mol. The van der Waals surface area contributed by atoms with Crippen molar-refractivity contribution in [2.75, 3.05) is 5.32 Å². The van der Waals surface area contributed by atoms with E-state index in [0.717, 1.165) is 11.1 Å². The third-order valence-corrected chi connectivity index (χ3v) is 4.15. The van der Waals surface area contributed by atoms with Gasteiger partial charge in [0.2, 0.25) is 5.95 Å². The van der Waals surface area contributed by atoms with Gasteiger partial charge >= 0.3 is 0 Å². The van der Waals surface area contributed by atoms with Crippen LogP contribution in [-0.2, 0) is 13.1 Å². The van der Waals surface area contributed by atoms with Crippen LogP contribution in [0.1, 0.15) is 32.9 Å². The summed E-state index contributed by atoms with van der Waals surface area (Å²) >= 11 is 0. The summed E-state index contributed by atoms with van der Waals surface area (Å²) in [5.41, 5.74) is 4.12. The van der Waals surface area contributed by atoms with E-state index >= 15 is 0 Å². The van der Waals surface area contributed by atoms with E-state index in [1.54, 1.807) is 18.2 Å². The predicted octanol–water partition coefficient (Wildman–Crippen LogP) is 3.77. The van der Waals surface area contributed by atoms with Crippen LogP contribution in [0.25, 0.3) is 0 Å². The highest BCUT2D eigenvalue weighted by atomic mass is 19.1. The van der Waals surface area contributed by atoms with Crippen LogP contribution in [-0.4, -0.2) is 15.9 Å². The van der Waals surface area contributed by atoms with Crippen molar-refractivity contribution in [2.24, 2.45) is 0 Å². The van der Waals surface area contributed by atoms with Crippen molar-refractivity contribution in [1.82, 2.24) is 15.3 Å². The molecule has 0 saturated carbocycles. The number of halogens is 1. The van der Waals surface area contributed by atoms with Gasteiger partial charge in [0, 0.05) is 18.8 Å². The zero-order valence-corrected chi connectivity index (χ0v) is 15.3. The van der Waals surface area contributed by atoms with Gasteiger partial charge in [0.1, 0.15) is 11.5 Å². The van der Waals surface area contributed by atoms with E-state index in [2.05, 4.69) is 20.6 Å². The number of nitrogens with one attached hydrogen (secondary N) is 2. The number of hydrogen-bond donors (Lipinski definition) is 2. The summed E-state index contributed by atoms with van der Waals surface area (Å²) in [6.45, 7) is 4.74. The van der Waals surface area contributed by atoms with E-state index in [1.807, 2.05) is 38.1 Å². The maximum Gasteiger partial charge on any atom is 0.270 e. The molecule has 5 nitrogen and oxygen atoms in total. The summed E-state index contributed by atoms with van der Waals surface area (Å²) in [5.74, 6) is -0.199. The molecule has 0 aliphatic rings. The normalized spacial score (nSPS) is 10.5. The minimum Gasteiger partial charge on any atom is -0.350 e. The molecule has 0 radical (unpaired) electrons. The highest BCUT2D eigenvalue weighted by Gasteiger charge is 2.11. The molecular formula is C21H21FN4O. The van der Waals surface area contributed by atoms with E-state index in [9.17, 15) is 9.18 Å². The Balaban J connectivity index is 1.66. The Bertz CT molecular complexity index is 941. The largest absolute Gasteiger partial charge is 0.350 e. The van der Waals surface area contributed by atoms with Gasteiger partial charge in [0.15, 0.2) is 0 Å². The lowest BCUT2D eigenvalue weighted by Gasteiger charge is -2.10. The maximum atomic E-state index is 12.9. The molecule has 27 heavy (non-hydrogen) atoms. The lowest BCUT2D eigenvalue weighted by Crippen LogP contribution is -2.24. The van der Waals surface area contributed by atoms with Gasteiger partial charge in [0.05, 0.1) is 0 Å². The number of nitrogens with zero attached hydrogens (tertiary/aromatic N) is 2. The van der Waals surface area contributed by atoms with Gasteiger partial charge in [-0.05, 0) is 48.7 Å². The summed E-state index contributed by atoms with van der Waals surface area (Å²) in [5, 5.41) is 5.97. The first-order valence-corrected chi connectivity index (χ1v) is 8.68. The molecule has 0 saturated heterocycles. The van der Waals surface area contributed by atoms with Crippen molar-refractivity contribution in [3.63, 3.8) is 0 Å². The van der Waals surface area contributed by atoms with Gasteiger partial charge in [-0.2, -0.15) is 0 Å². The van der Waals surface area contributed by atoms with E-state index < -0.39 is 0 Å². The van der Waals surface area contributed by atoms with Gasteiger partial charge < -0.3 is 10.6 Å². The number of carbonyl (C=O) groups excluding carboxylic acids is 1. The molecule has 6 heteroatoms. The molecular weight excluding hydrogens is 343 g/mol. The zero-order valence-electron chi connectivity index (χ0n) is 15.3. The van der Waals surface area contributed by atoms with E-state index in [-0.39, 0.29) is 17.4 Å². The molecule has 3 rings (SSSR count). The first kappa shape index (κ1) is 18.5. The molecule has 1 aromatic heterocycles. The summed E-state index contributed by atoms with van der Waals surface area (Å²) in [4.78, 5) is 21.1. The molecule has 0 aliphatic heterocycles. The number of rotatable bonds is 6. The molecule has 2 N–H and O–H groups in total. The quantitative estimate of drug-likeness (QED) is 0.699. The van der Waals surface area contributed by atoms with E-state index in [4.69, 9.17) is 0 Å². The fourth-order valence-corrected chi connectivity index (χ4v) is 2.62. The van der Waals surface area contributed by atoms with Crippen molar-refractivity contribution < 1.29 is 9.18 Å². The van der Waals surface area contributed by atoms with Crippen molar-refractivity contribution in [1.29, 1.82) is 0 Å². The van der Waals surface area contributed by atoms with Gasteiger partial charge in [-0.15, -0.1) is 0 Å². The first-order chi connectivity index (χ1) is 13.0. The Hall–Kier alpha value is -3.28. The molecule has 0 fully saturated rings. The van der Waals surface area contributed by atoms with Gasteiger partial charge in [-0.1, -0.05) is 36.4 Å². The third kappa shape index (κ3) is 5.10. The summed E-state index contributed by atoms with van der Waals surface area (Å²) in [6.07, 6.45) is 0. The molecule has 0 spiro atoms. The fraction of sp³-hybridized carbons (Fsp3) is 0.190. The van der Waals surface area contributed by atoms with Gasteiger partial charge in [-0.25, -0.2) is 14.4 Å². The number of anilines is 1. The number of aryl methyl sites for hydroxylation is 2. The molecule has 138 valence electrons. The highest BCUT2D eigenvalue weighted by molar-refractivity contribution is 5.92. The van der Waals surface area contributed by atoms with Crippen LogP contribution in [0.15, 0.2) is 54.6 Å². The summed E-state index contributed by atoms with van der Waals surface area (Å²) < 4.78 is 12.9. The summed E-state index contributed by atoms with van der Waals surface area (Å²) in [6, 6.07) is 15.7. The van der Waals surface area contributed by atoms with Crippen LogP contribution in [0, 0.1) is 19.7 Å². The number of aromatic nitrogens is 2. The number of carbonyl (C=O) groups is 1. The second kappa shape index (κ2) is 8.40. The van der Waals surface area contributed by atoms with Crippen LogP contribution in [0.5, 0.6) is 0 Å². The lowest BCUT2D eigenvalue weighted by atomic mass is 10.1. The Morgan fingerprint density at radius 2 is 1.74 bits per heavy atom. The summed E-state index contributed by atoms with van der Waals surface area (Å²) in [7, 11) is 0. The molecule has 1 heterocycles. The Morgan fingerprint density at radius 3 is 2.48 bits per heavy atom. The molecule has 0 unspecified atom stereocenters. The van der Waals surface area contributed by atoms with Crippen LogP contribution >= 0.6 is 0 Å². The standard InChI is InChI=1S/C21H21FN4O/c1-14-5-3-4-6-17(14)13-24-21-25-15(2)11-19(26-21)20(27)23-12-16-7-9-18(22)10-8-16/h3-11H,12-13H2,1-2H3,(H,23,27)(H,24,25,26). The van der Waals surface area contributed by atoms with Crippen molar-refractivity contribution in [3.8, 4) is 0 Å². The molecule has 1 amide bonds. The SMILES string of the molecule is Cc1cc(C(=O)NCc2ccc(F)cc2)nc(NCc2ccccc2C)n1. The van der Waals surface area contributed by atoms with Crippen LogP contribution in [0.3, 0.4) is 0 Å². The smallest absolute Gasteiger partial charge is 0.270 e. The second-order valence-corrected chi connectivity index (χ2v) is 6.31. The molecule has 3 aromatic rings. The van der Waals surface area contributed by atoms with E-state index in [1.165, 1.54) is 17.7 Å². The average molecular weight is 364 g/mol. The molecule has 0 bridgehead atoms. The number of hydrogen-bond acceptors (Lipinski definition) is 4. The third-order valence-electron chi connectivity index (χ3n) is 4.15. The van der Waals surface area contributed by atoms with Crippen molar-refractivity contribution in [2.45, 2.75) is 26.9 Å². The number of amides is 1. The topological polar surface area (TPSA) is 66.9 Å².